The number of anilines is 1. The minimum absolute atomic E-state index is 0.354. The molecule has 0 aliphatic carbocycles. The van der Waals surface area contributed by atoms with Crippen LogP contribution in [0, 0.1) is 0 Å². The highest BCUT2D eigenvalue weighted by Crippen LogP contribution is 2.25. The van der Waals surface area contributed by atoms with E-state index in [1.165, 1.54) is 0 Å². The van der Waals surface area contributed by atoms with Crippen LogP contribution in [0.3, 0.4) is 0 Å². The molecule has 0 aliphatic heterocycles. The predicted molar refractivity (Wildman–Crippen MR) is 78.2 cm³/mol. The molecule has 0 spiro atoms. The molecule has 3 aromatic rings. The molecular weight excluding hydrogens is 314 g/mol. The van der Waals surface area contributed by atoms with E-state index in [0.29, 0.717) is 5.69 Å². The van der Waals surface area contributed by atoms with Gasteiger partial charge in [-0.2, -0.15) is 13.5 Å². The Morgan fingerprint density at radius 1 is 1.33 bits per heavy atom. The van der Waals surface area contributed by atoms with Crippen LogP contribution in [0.15, 0.2) is 40.9 Å². The number of rotatable bonds is 4. The van der Waals surface area contributed by atoms with Crippen LogP contribution in [0.4, 0.5) is 5.69 Å². The number of carbonyl (C=O) groups is 1. The van der Waals surface area contributed by atoms with Crippen LogP contribution in [0.5, 0.6) is 0 Å². The van der Waals surface area contributed by atoms with Gasteiger partial charge in [0.2, 0.25) is 0 Å². The molecule has 0 radical (unpaired) electrons. The number of carboxylic acids is 1. The second-order valence-electron chi connectivity index (χ2n) is 4.20. The number of fused-ring (bicyclic) bond motifs is 1. The Balaban J connectivity index is 1.98. The number of carboxylic acid groups (broad SMARTS) is 1. The van der Waals surface area contributed by atoms with Crippen molar-refractivity contribution >= 4 is 43.1 Å². The molecule has 0 unspecified atom stereocenters. The fraction of sp³-hybridized carbons (Fsp3) is 0. The maximum absolute atomic E-state index is 12.2. The molecule has 0 saturated carbocycles. The van der Waals surface area contributed by atoms with E-state index in [0.717, 1.165) is 16.3 Å². The van der Waals surface area contributed by atoms with Gasteiger partial charge in [0.25, 0.3) is 10.0 Å². The molecule has 2 heterocycles. The highest BCUT2D eigenvalue weighted by molar-refractivity contribution is 7.92. The van der Waals surface area contributed by atoms with Crippen molar-refractivity contribution in [1.82, 2.24) is 10.2 Å². The number of hydrogen-bond donors (Lipinski definition) is 3. The molecule has 0 aliphatic rings. The third kappa shape index (κ3) is 2.48. The quantitative estimate of drug-likeness (QED) is 0.681. The summed E-state index contributed by atoms with van der Waals surface area (Å²) in [5.41, 5.74) is -0.0500. The number of thiophene rings is 1. The van der Waals surface area contributed by atoms with Gasteiger partial charge in [0, 0.05) is 10.4 Å². The predicted octanol–water partition coefficient (Wildman–Crippen LogP) is 2.12. The lowest BCUT2D eigenvalue weighted by atomic mass is 10.2. The van der Waals surface area contributed by atoms with Crippen molar-refractivity contribution in [2.75, 3.05) is 4.72 Å². The van der Waals surface area contributed by atoms with Crippen LogP contribution >= 0.6 is 11.3 Å². The third-order valence-electron chi connectivity index (χ3n) is 2.81. The minimum Gasteiger partial charge on any atom is -0.478 e. The SMILES string of the molecule is O=C(O)c1cn[nH]c1S(=O)(=O)Nc1ccc2sccc2c1. The molecule has 7 nitrogen and oxygen atoms in total. The zero-order valence-corrected chi connectivity index (χ0v) is 12.0. The molecule has 2 aromatic heterocycles. The molecule has 0 saturated heterocycles. The highest BCUT2D eigenvalue weighted by atomic mass is 32.2. The normalized spacial score (nSPS) is 11.6. The average Bonchev–Trinajstić information content (AvgIpc) is 3.06. The summed E-state index contributed by atoms with van der Waals surface area (Å²) in [6.45, 7) is 0. The fourth-order valence-corrected chi connectivity index (χ4v) is 3.78. The van der Waals surface area contributed by atoms with Crippen LogP contribution < -0.4 is 4.72 Å². The molecule has 9 heteroatoms. The van der Waals surface area contributed by atoms with Crippen LogP contribution in [-0.2, 0) is 10.0 Å². The molecule has 3 rings (SSSR count). The molecular formula is C12H9N3O4S2. The third-order valence-corrected chi connectivity index (χ3v) is 5.06. The number of benzene rings is 1. The first-order chi connectivity index (χ1) is 9.97. The topological polar surface area (TPSA) is 112 Å². The zero-order chi connectivity index (χ0) is 15.0. The standard InChI is InChI=1S/C12H9N3O4S2/c16-12(17)9-6-13-14-11(9)21(18,19)15-8-1-2-10-7(5-8)3-4-20-10/h1-6,15H,(H,13,14)(H,16,17). The molecule has 0 fully saturated rings. The molecule has 1 aromatic carbocycles. The number of sulfonamides is 1. The summed E-state index contributed by atoms with van der Waals surface area (Å²) in [6.07, 6.45) is 0.957. The molecule has 0 bridgehead atoms. The van der Waals surface area contributed by atoms with Gasteiger partial charge in [-0.3, -0.25) is 9.82 Å². The fourth-order valence-electron chi connectivity index (χ4n) is 1.87. The van der Waals surface area contributed by atoms with Crippen LogP contribution in [0.2, 0.25) is 0 Å². The van der Waals surface area contributed by atoms with Crippen LogP contribution in [0.1, 0.15) is 10.4 Å². The number of H-pyrrole nitrogens is 1. The summed E-state index contributed by atoms with van der Waals surface area (Å²) in [4.78, 5) is 11.0. The van der Waals surface area contributed by atoms with Crippen molar-refractivity contribution in [1.29, 1.82) is 0 Å². The number of hydrogen-bond acceptors (Lipinski definition) is 5. The van der Waals surface area contributed by atoms with Crippen molar-refractivity contribution in [2.24, 2.45) is 0 Å². The second kappa shape index (κ2) is 4.86. The van der Waals surface area contributed by atoms with Crippen molar-refractivity contribution in [3.05, 3.63) is 41.4 Å². The van der Waals surface area contributed by atoms with Gasteiger partial charge >= 0.3 is 5.97 Å². The lowest BCUT2D eigenvalue weighted by Crippen LogP contribution is -2.16. The van der Waals surface area contributed by atoms with E-state index in [4.69, 9.17) is 5.11 Å². The second-order valence-corrected chi connectivity index (χ2v) is 6.76. The summed E-state index contributed by atoms with van der Waals surface area (Å²) < 4.78 is 27.8. The maximum Gasteiger partial charge on any atom is 0.340 e. The van der Waals surface area contributed by atoms with Crippen molar-refractivity contribution in [3.8, 4) is 0 Å². The summed E-state index contributed by atoms with van der Waals surface area (Å²) in [5, 5.41) is 17.0. The van der Waals surface area contributed by atoms with Gasteiger partial charge in [-0.25, -0.2) is 4.79 Å². The first-order valence-corrected chi connectivity index (χ1v) is 8.10. The number of aromatic amines is 1. The molecule has 0 atom stereocenters. The van der Waals surface area contributed by atoms with E-state index in [1.54, 1.807) is 29.5 Å². The Morgan fingerprint density at radius 2 is 2.14 bits per heavy atom. The van der Waals surface area contributed by atoms with E-state index in [1.807, 2.05) is 11.4 Å². The Labute approximate surface area is 123 Å². The van der Waals surface area contributed by atoms with Gasteiger partial charge < -0.3 is 5.11 Å². The minimum atomic E-state index is -4.04. The van der Waals surface area contributed by atoms with Crippen molar-refractivity contribution in [3.63, 3.8) is 0 Å². The lowest BCUT2D eigenvalue weighted by molar-refractivity contribution is 0.0692. The smallest absolute Gasteiger partial charge is 0.340 e. The molecule has 21 heavy (non-hydrogen) atoms. The van der Waals surface area contributed by atoms with Crippen LogP contribution in [0.25, 0.3) is 10.1 Å². The first kappa shape index (κ1) is 13.6. The van der Waals surface area contributed by atoms with Crippen LogP contribution in [-0.4, -0.2) is 29.7 Å². The molecule has 3 N–H and O–H groups in total. The molecule has 0 amide bonds. The Kier molecular flexibility index (Phi) is 3.15. The molecule has 108 valence electrons. The Morgan fingerprint density at radius 3 is 2.90 bits per heavy atom. The van der Waals surface area contributed by atoms with E-state index in [-0.39, 0.29) is 0 Å². The number of aromatic nitrogens is 2. The van der Waals surface area contributed by atoms with Gasteiger partial charge in [-0.15, -0.1) is 11.3 Å². The summed E-state index contributed by atoms with van der Waals surface area (Å²) in [6, 6.07) is 6.97. The number of nitrogens with zero attached hydrogens (tertiary/aromatic N) is 1. The van der Waals surface area contributed by atoms with E-state index >= 15 is 0 Å². The number of aromatic carboxylic acids is 1. The average molecular weight is 323 g/mol. The van der Waals surface area contributed by atoms with Crippen molar-refractivity contribution in [2.45, 2.75) is 5.03 Å². The monoisotopic (exact) mass is 323 g/mol. The Bertz CT molecular complexity index is 927. The van der Waals surface area contributed by atoms with E-state index in [9.17, 15) is 13.2 Å². The van der Waals surface area contributed by atoms with E-state index < -0.39 is 26.6 Å². The van der Waals surface area contributed by atoms with Gasteiger partial charge in [-0.1, -0.05) is 0 Å². The van der Waals surface area contributed by atoms with Gasteiger partial charge in [0.05, 0.1) is 6.20 Å². The first-order valence-electron chi connectivity index (χ1n) is 5.74. The van der Waals surface area contributed by atoms with E-state index in [2.05, 4.69) is 14.9 Å². The van der Waals surface area contributed by atoms with Gasteiger partial charge in [0.1, 0.15) is 5.56 Å². The lowest BCUT2D eigenvalue weighted by Gasteiger charge is -2.07. The summed E-state index contributed by atoms with van der Waals surface area (Å²) in [5.74, 6) is -1.36. The van der Waals surface area contributed by atoms with Gasteiger partial charge in [-0.05, 0) is 35.0 Å². The Hall–Kier alpha value is -2.39. The van der Waals surface area contributed by atoms with Crippen molar-refractivity contribution < 1.29 is 18.3 Å². The number of nitrogens with one attached hydrogen (secondary N) is 2. The maximum atomic E-state index is 12.2. The zero-order valence-electron chi connectivity index (χ0n) is 10.4. The van der Waals surface area contributed by atoms with Gasteiger partial charge in [0.15, 0.2) is 5.03 Å². The largest absolute Gasteiger partial charge is 0.478 e. The highest BCUT2D eigenvalue weighted by Gasteiger charge is 2.24. The summed E-state index contributed by atoms with van der Waals surface area (Å²) in [7, 11) is -4.04. The summed E-state index contributed by atoms with van der Waals surface area (Å²) >= 11 is 1.55.